The van der Waals surface area contributed by atoms with Crippen LogP contribution < -0.4 is 20.1 Å². The van der Waals surface area contributed by atoms with Gasteiger partial charge in [-0.1, -0.05) is 0 Å². The standard InChI is InChI=1S/C13H19BrN2O3/c1-9(17)16-5-4-15-8-10-6-11(14)13(19-3)12(7-10)18-2/h6-7,15H,4-5,8H2,1-3H3,(H,16,17). The number of hydrogen-bond donors (Lipinski definition) is 2. The van der Waals surface area contributed by atoms with Gasteiger partial charge in [0.1, 0.15) is 0 Å². The molecule has 0 aliphatic heterocycles. The summed E-state index contributed by atoms with van der Waals surface area (Å²) < 4.78 is 11.4. The molecule has 0 radical (unpaired) electrons. The third-order valence-electron chi connectivity index (χ3n) is 2.50. The molecule has 0 aliphatic rings. The smallest absolute Gasteiger partial charge is 0.216 e. The molecular formula is C13H19BrN2O3. The molecule has 1 aromatic rings. The van der Waals surface area contributed by atoms with Crippen LogP contribution in [0.25, 0.3) is 0 Å². The lowest BCUT2D eigenvalue weighted by atomic mass is 10.2. The Kier molecular flexibility index (Phi) is 6.66. The van der Waals surface area contributed by atoms with Gasteiger partial charge in [-0.25, -0.2) is 0 Å². The largest absolute Gasteiger partial charge is 0.493 e. The van der Waals surface area contributed by atoms with Gasteiger partial charge in [0.25, 0.3) is 0 Å². The molecule has 0 saturated heterocycles. The molecule has 0 atom stereocenters. The van der Waals surface area contributed by atoms with Gasteiger partial charge in [0.05, 0.1) is 18.7 Å². The summed E-state index contributed by atoms with van der Waals surface area (Å²) in [5, 5.41) is 5.97. The molecule has 2 N–H and O–H groups in total. The molecule has 0 aliphatic carbocycles. The van der Waals surface area contributed by atoms with Gasteiger partial charge in [-0.05, 0) is 33.6 Å². The molecule has 0 heterocycles. The number of carbonyl (C=O) groups is 1. The highest BCUT2D eigenvalue weighted by molar-refractivity contribution is 9.10. The van der Waals surface area contributed by atoms with Gasteiger partial charge in [-0.2, -0.15) is 0 Å². The van der Waals surface area contributed by atoms with Gasteiger partial charge in [0.15, 0.2) is 11.5 Å². The monoisotopic (exact) mass is 330 g/mol. The lowest BCUT2D eigenvalue weighted by Crippen LogP contribution is -2.29. The molecule has 0 spiro atoms. The maximum absolute atomic E-state index is 10.7. The van der Waals surface area contributed by atoms with E-state index in [9.17, 15) is 4.79 Å². The Hall–Kier alpha value is -1.27. The zero-order valence-corrected chi connectivity index (χ0v) is 13.0. The fraction of sp³-hybridized carbons (Fsp3) is 0.462. The van der Waals surface area contributed by atoms with E-state index >= 15 is 0 Å². The zero-order valence-electron chi connectivity index (χ0n) is 11.4. The van der Waals surface area contributed by atoms with Gasteiger partial charge in [-0.3, -0.25) is 4.79 Å². The highest BCUT2D eigenvalue weighted by Gasteiger charge is 2.10. The quantitative estimate of drug-likeness (QED) is 0.747. The van der Waals surface area contributed by atoms with Crippen molar-refractivity contribution in [3.8, 4) is 11.5 Å². The molecule has 1 rings (SSSR count). The van der Waals surface area contributed by atoms with Gasteiger partial charge >= 0.3 is 0 Å². The number of rotatable bonds is 7. The minimum atomic E-state index is -0.0179. The van der Waals surface area contributed by atoms with E-state index in [-0.39, 0.29) is 5.91 Å². The van der Waals surface area contributed by atoms with Crippen LogP contribution >= 0.6 is 15.9 Å². The van der Waals surface area contributed by atoms with E-state index in [0.717, 1.165) is 10.0 Å². The van der Waals surface area contributed by atoms with E-state index in [1.807, 2.05) is 12.1 Å². The summed E-state index contributed by atoms with van der Waals surface area (Å²) in [6.45, 7) is 3.53. The number of methoxy groups -OCH3 is 2. The van der Waals surface area contributed by atoms with Crippen LogP contribution in [0.1, 0.15) is 12.5 Å². The van der Waals surface area contributed by atoms with Crippen LogP contribution in [0.15, 0.2) is 16.6 Å². The van der Waals surface area contributed by atoms with Crippen molar-refractivity contribution in [3.63, 3.8) is 0 Å². The normalized spacial score (nSPS) is 10.1. The van der Waals surface area contributed by atoms with Gasteiger partial charge in [0.2, 0.25) is 5.91 Å². The zero-order chi connectivity index (χ0) is 14.3. The van der Waals surface area contributed by atoms with E-state index in [1.165, 1.54) is 6.92 Å². The molecule has 106 valence electrons. The van der Waals surface area contributed by atoms with Gasteiger partial charge in [-0.15, -0.1) is 0 Å². The van der Waals surface area contributed by atoms with Crippen molar-refractivity contribution in [1.82, 2.24) is 10.6 Å². The molecule has 1 amide bonds. The number of amides is 1. The van der Waals surface area contributed by atoms with Crippen LogP contribution in [0.5, 0.6) is 11.5 Å². The maximum Gasteiger partial charge on any atom is 0.216 e. The molecule has 0 unspecified atom stereocenters. The Morgan fingerprint density at radius 3 is 2.58 bits per heavy atom. The summed E-state index contributed by atoms with van der Waals surface area (Å²) in [5.41, 5.74) is 1.08. The first-order chi connectivity index (χ1) is 9.08. The SMILES string of the molecule is COc1cc(CNCCNC(C)=O)cc(Br)c1OC. The molecule has 0 bridgehead atoms. The number of ether oxygens (including phenoxy) is 2. The lowest BCUT2D eigenvalue weighted by molar-refractivity contribution is -0.118. The van der Waals surface area contributed by atoms with E-state index in [1.54, 1.807) is 14.2 Å². The third-order valence-corrected chi connectivity index (χ3v) is 3.09. The first-order valence-electron chi connectivity index (χ1n) is 5.94. The summed E-state index contributed by atoms with van der Waals surface area (Å²) in [4.78, 5) is 10.7. The van der Waals surface area contributed by atoms with Crippen LogP contribution in [0.3, 0.4) is 0 Å². The number of carbonyl (C=O) groups excluding carboxylic acids is 1. The second kappa shape index (κ2) is 8.01. The summed E-state index contributed by atoms with van der Waals surface area (Å²) >= 11 is 3.45. The highest BCUT2D eigenvalue weighted by Crippen LogP contribution is 2.36. The van der Waals surface area contributed by atoms with Crippen LogP contribution in [0.4, 0.5) is 0 Å². The molecule has 0 saturated carbocycles. The Labute approximate surface area is 121 Å². The van der Waals surface area contributed by atoms with E-state index in [4.69, 9.17) is 9.47 Å². The minimum Gasteiger partial charge on any atom is -0.493 e. The Morgan fingerprint density at radius 2 is 2.00 bits per heavy atom. The topological polar surface area (TPSA) is 59.6 Å². The highest BCUT2D eigenvalue weighted by atomic mass is 79.9. The number of benzene rings is 1. The number of halogens is 1. The molecule has 6 heteroatoms. The minimum absolute atomic E-state index is 0.0179. The Morgan fingerprint density at radius 1 is 1.26 bits per heavy atom. The van der Waals surface area contributed by atoms with Crippen LogP contribution in [0.2, 0.25) is 0 Å². The molecule has 0 aromatic heterocycles. The van der Waals surface area contributed by atoms with Crippen LogP contribution in [-0.4, -0.2) is 33.2 Å². The fourth-order valence-electron chi connectivity index (χ4n) is 1.63. The van der Waals surface area contributed by atoms with Crippen molar-refractivity contribution >= 4 is 21.8 Å². The molecule has 1 aromatic carbocycles. The van der Waals surface area contributed by atoms with E-state index in [2.05, 4.69) is 26.6 Å². The number of nitrogens with one attached hydrogen (secondary N) is 2. The average Bonchev–Trinajstić information content (AvgIpc) is 2.37. The lowest BCUT2D eigenvalue weighted by Gasteiger charge is -2.12. The molecule has 19 heavy (non-hydrogen) atoms. The maximum atomic E-state index is 10.7. The summed E-state index contributed by atoms with van der Waals surface area (Å²) in [6, 6.07) is 3.90. The van der Waals surface area contributed by atoms with Crippen molar-refractivity contribution in [1.29, 1.82) is 0 Å². The van der Waals surface area contributed by atoms with Crippen molar-refractivity contribution in [3.05, 3.63) is 22.2 Å². The van der Waals surface area contributed by atoms with Crippen LogP contribution in [-0.2, 0) is 11.3 Å². The molecule has 0 fully saturated rings. The second-order valence-corrected chi connectivity index (χ2v) is 4.83. The van der Waals surface area contributed by atoms with Crippen molar-refractivity contribution < 1.29 is 14.3 Å². The van der Waals surface area contributed by atoms with Crippen molar-refractivity contribution in [2.24, 2.45) is 0 Å². The van der Waals surface area contributed by atoms with Crippen molar-refractivity contribution in [2.75, 3.05) is 27.3 Å². The second-order valence-electron chi connectivity index (χ2n) is 3.97. The van der Waals surface area contributed by atoms with E-state index < -0.39 is 0 Å². The summed E-state index contributed by atoms with van der Waals surface area (Å²) in [6.07, 6.45) is 0. The predicted molar refractivity (Wildman–Crippen MR) is 77.6 cm³/mol. The molecular weight excluding hydrogens is 312 g/mol. The average molecular weight is 331 g/mol. The van der Waals surface area contributed by atoms with Gasteiger partial charge in [0, 0.05) is 26.6 Å². The first-order valence-corrected chi connectivity index (χ1v) is 6.73. The first kappa shape index (κ1) is 15.8. The van der Waals surface area contributed by atoms with Crippen LogP contribution in [0, 0.1) is 0 Å². The van der Waals surface area contributed by atoms with E-state index in [0.29, 0.717) is 31.1 Å². The summed E-state index contributed by atoms with van der Waals surface area (Å²) in [5.74, 6) is 1.36. The predicted octanol–water partition coefficient (Wildman–Crippen LogP) is 1.69. The number of hydrogen-bond acceptors (Lipinski definition) is 4. The Bertz CT molecular complexity index is 438. The fourth-order valence-corrected chi connectivity index (χ4v) is 2.28. The summed E-state index contributed by atoms with van der Waals surface area (Å²) in [7, 11) is 3.21. The third kappa shape index (κ3) is 5.08. The van der Waals surface area contributed by atoms with Gasteiger partial charge < -0.3 is 20.1 Å². The molecule has 5 nitrogen and oxygen atoms in total. The van der Waals surface area contributed by atoms with Crippen molar-refractivity contribution in [2.45, 2.75) is 13.5 Å². The Balaban J connectivity index is 2.55.